The van der Waals surface area contributed by atoms with Crippen LogP contribution in [0.1, 0.15) is 44.8 Å². The lowest BCUT2D eigenvalue weighted by atomic mass is 10.1. The highest BCUT2D eigenvalue weighted by molar-refractivity contribution is 6.04. The maximum absolute atomic E-state index is 12.8. The number of rotatable bonds is 9. The first kappa shape index (κ1) is 23.7. The lowest BCUT2D eigenvalue weighted by Crippen LogP contribution is -2.28. The first-order valence-corrected chi connectivity index (χ1v) is 10.5. The maximum atomic E-state index is 12.8. The minimum absolute atomic E-state index is 0.210. The van der Waals surface area contributed by atoms with Crippen molar-refractivity contribution in [2.24, 2.45) is 0 Å². The molecule has 0 spiro atoms. The van der Waals surface area contributed by atoms with Gasteiger partial charge in [-0.15, -0.1) is 0 Å². The van der Waals surface area contributed by atoms with E-state index in [1.165, 1.54) is 0 Å². The van der Waals surface area contributed by atoms with Crippen LogP contribution in [-0.4, -0.2) is 31.5 Å². The number of ether oxygens (including phenoxy) is 2. The van der Waals surface area contributed by atoms with E-state index < -0.39 is 18.5 Å². The third kappa shape index (κ3) is 6.75. The van der Waals surface area contributed by atoms with E-state index in [0.717, 1.165) is 11.1 Å². The number of benzene rings is 3. The van der Waals surface area contributed by atoms with E-state index >= 15 is 0 Å². The Bertz CT molecular complexity index is 1100. The molecule has 170 valence electrons. The number of hydrogen-bond acceptors (Lipinski definition) is 5. The van der Waals surface area contributed by atoms with Gasteiger partial charge in [-0.3, -0.25) is 9.59 Å². The Morgan fingerprint density at radius 1 is 0.879 bits per heavy atom. The second kappa shape index (κ2) is 11.6. The van der Waals surface area contributed by atoms with E-state index in [0.29, 0.717) is 23.4 Å². The van der Waals surface area contributed by atoms with Crippen molar-refractivity contribution in [1.29, 1.82) is 0 Å². The van der Waals surface area contributed by atoms with Crippen LogP contribution in [0.3, 0.4) is 0 Å². The van der Waals surface area contributed by atoms with Crippen molar-refractivity contribution >= 4 is 23.5 Å². The van der Waals surface area contributed by atoms with Gasteiger partial charge in [0, 0.05) is 7.11 Å². The van der Waals surface area contributed by atoms with E-state index in [1.54, 1.807) is 55.6 Å². The van der Waals surface area contributed by atoms with E-state index in [1.807, 2.05) is 37.3 Å². The molecule has 0 aliphatic rings. The molecule has 3 rings (SSSR count). The second-order valence-corrected chi connectivity index (χ2v) is 7.41. The number of hydrogen-bond donors (Lipinski definition) is 2. The number of amides is 2. The smallest absolute Gasteiger partial charge is 0.338 e. The number of esters is 1. The van der Waals surface area contributed by atoms with Gasteiger partial charge >= 0.3 is 5.97 Å². The summed E-state index contributed by atoms with van der Waals surface area (Å²) in [6.07, 6.45) is 0. The van der Waals surface area contributed by atoms with Crippen molar-refractivity contribution < 1.29 is 23.9 Å². The Labute approximate surface area is 192 Å². The largest absolute Gasteiger partial charge is 0.452 e. The van der Waals surface area contributed by atoms with Gasteiger partial charge in [0.15, 0.2) is 6.61 Å². The summed E-state index contributed by atoms with van der Waals surface area (Å²) in [6, 6.07) is 22.8. The summed E-state index contributed by atoms with van der Waals surface area (Å²) in [5.41, 5.74) is 2.86. The van der Waals surface area contributed by atoms with Crippen LogP contribution in [-0.2, 0) is 20.9 Å². The van der Waals surface area contributed by atoms with Gasteiger partial charge in [0.25, 0.3) is 11.8 Å². The summed E-state index contributed by atoms with van der Waals surface area (Å²) in [4.78, 5) is 37.4. The molecule has 3 aromatic rings. The van der Waals surface area contributed by atoms with Crippen molar-refractivity contribution in [1.82, 2.24) is 5.32 Å². The molecule has 3 aromatic carbocycles. The third-order valence-corrected chi connectivity index (χ3v) is 4.93. The molecule has 33 heavy (non-hydrogen) atoms. The number of carbonyl (C=O) groups is 3. The van der Waals surface area contributed by atoms with Gasteiger partial charge in [-0.25, -0.2) is 4.79 Å². The molecule has 0 fully saturated rings. The van der Waals surface area contributed by atoms with Crippen molar-refractivity contribution in [2.45, 2.75) is 19.6 Å². The molecular weight excluding hydrogens is 420 g/mol. The molecule has 1 atom stereocenters. The molecule has 7 nitrogen and oxygen atoms in total. The molecule has 0 aliphatic heterocycles. The zero-order valence-electron chi connectivity index (χ0n) is 18.5. The van der Waals surface area contributed by atoms with Crippen molar-refractivity contribution in [3.05, 3.63) is 101 Å². The molecule has 1 unspecified atom stereocenters. The summed E-state index contributed by atoms with van der Waals surface area (Å²) >= 11 is 0. The van der Waals surface area contributed by atoms with Crippen molar-refractivity contribution in [3.8, 4) is 0 Å². The highest BCUT2D eigenvalue weighted by Gasteiger charge is 2.17. The molecule has 0 saturated heterocycles. The van der Waals surface area contributed by atoms with Gasteiger partial charge in [-0.2, -0.15) is 0 Å². The zero-order chi connectivity index (χ0) is 23.6. The van der Waals surface area contributed by atoms with Crippen LogP contribution in [0.4, 0.5) is 5.69 Å². The monoisotopic (exact) mass is 446 g/mol. The highest BCUT2D eigenvalue weighted by Crippen LogP contribution is 2.18. The van der Waals surface area contributed by atoms with E-state index in [2.05, 4.69) is 10.6 Å². The van der Waals surface area contributed by atoms with E-state index in [4.69, 9.17) is 9.47 Å². The Morgan fingerprint density at radius 2 is 1.55 bits per heavy atom. The predicted octanol–water partition coefficient (Wildman–Crippen LogP) is 4.12. The minimum atomic E-state index is -0.614. The maximum Gasteiger partial charge on any atom is 0.338 e. The normalized spacial score (nSPS) is 11.3. The molecule has 2 N–H and O–H groups in total. The molecular formula is C26H26N2O5. The minimum Gasteiger partial charge on any atom is -0.452 e. The molecule has 0 radical (unpaired) electrons. The standard InChI is InChI=1S/C26H26N2O5/c1-18(20-8-4-3-5-9-20)27-25(30)22-10-6-7-11-23(22)28-24(29)17-33-26(31)21-14-12-19(13-15-21)16-32-2/h3-15,18H,16-17H2,1-2H3,(H,27,30)(H,28,29). The van der Waals surface area contributed by atoms with Crippen molar-refractivity contribution in [2.75, 3.05) is 19.0 Å². The molecule has 0 bridgehead atoms. The molecule has 0 heterocycles. The highest BCUT2D eigenvalue weighted by atomic mass is 16.5. The number of carbonyl (C=O) groups excluding carboxylic acids is 3. The average Bonchev–Trinajstić information content (AvgIpc) is 2.84. The quantitative estimate of drug-likeness (QED) is 0.482. The van der Waals surface area contributed by atoms with Gasteiger partial charge in [-0.1, -0.05) is 54.6 Å². The van der Waals surface area contributed by atoms with Crippen LogP contribution in [0, 0.1) is 0 Å². The first-order chi connectivity index (χ1) is 16.0. The molecule has 0 aromatic heterocycles. The molecule has 7 heteroatoms. The number of methoxy groups -OCH3 is 1. The summed E-state index contributed by atoms with van der Waals surface area (Å²) < 4.78 is 10.1. The van der Waals surface area contributed by atoms with Gasteiger partial charge in [0.05, 0.1) is 29.5 Å². The van der Waals surface area contributed by atoms with Crippen LogP contribution >= 0.6 is 0 Å². The first-order valence-electron chi connectivity index (χ1n) is 10.5. The van der Waals surface area contributed by atoms with Gasteiger partial charge in [0.2, 0.25) is 0 Å². The Balaban J connectivity index is 1.57. The number of para-hydroxylation sites is 1. The lowest BCUT2D eigenvalue weighted by molar-refractivity contribution is -0.119. The lowest BCUT2D eigenvalue weighted by Gasteiger charge is -2.16. The van der Waals surface area contributed by atoms with Gasteiger partial charge in [-0.05, 0) is 42.3 Å². The molecule has 2 amide bonds. The van der Waals surface area contributed by atoms with Crippen LogP contribution in [0.15, 0.2) is 78.9 Å². The Hall–Kier alpha value is -3.97. The van der Waals surface area contributed by atoms with Gasteiger partial charge in [0.1, 0.15) is 0 Å². The fourth-order valence-corrected chi connectivity index (χ4v) is 3.19. The van der Waals surface area contributed by atoms with Gasteiger partial charge < -0.3 is 20.1 Å². The van der Waals surface area contributed by atoms with Crippen LogP contribution in [0.2, 0.25) is 0 Å². The van der Waals surface area contributed by atoms with Crippen LogP contribution in [0.25, 0.3) is 0 Å². The Morgan fingerprint density at radius 3 is 2.24 bits per heavy atom. The summed E-state index contributed by atoms with van der Waals surface area (Å²) in [7, 11) is 1.59. The number of anilines is 1. The average molecular weight is 447 g/mol. The van der Waals surface area contributed by atoms with E-state index in [9.17, 15) is 14.4 Å². The number of nitrogens with one attached hydrogen (secondary N) is 2. The summed E-state index contributed by atoms with van der Waals surface area (Å²) in [6.45, 7) is 1.85. The van der Waals surface area contributed by atoms with Crippen molar-refractivity contribution in [3.63, 3.8) is 0 Å². The van der Waals surface area contributed by atoms with Crippen LogP contribution in [0.5, 0.6) is 0 Å². The fraction of sp³-hybridized carbons (Fsp3) is 0.192. The molecule has 0 saturated carbocycles. The second-order valence-electron chi connectivity index (χ2n) is 7.41. The predicted molar refractivity (Wildman–Crippen MR) is 125 cm³/mol. The van der Waals surface area contributed by atoms with Crippen LogP contribution < -0.4 is 10.6 Å². The Kier molecular flexibility index (Phi) is 8.32. The SMILES string of the molecule is COCc1ccc(C(=O)OCC(=O)Nc2ccccc2C(=O)NC(C)c2ccccc2)cc1. The fourth-order valence-electron chi connectivity index (χ4n) is 3.19. The summed E-state index contributed by atoms with van der Waals surface area (Å²) in [5.74, 6) is -1.48. The topological polar surface area (TPSA) is 93.7 Å². The van der Waals surface area contributed by atoms with E-state index in [-0.39, 0.29) is 11.9 Å². The zero-order valence-corrected chi connectivity index (χ0v) is 18.5. The third-order valence-electron chi connectivity index (χ3n) is 4.93. The summed E-state index contributed by atoms with van der Waals surface area (Å²) in [5, 5.41) is 5.57. The molecule has 0 aliphatic carbocycles.